The molecule has 0 atom stereocenters. The molecular formula is C27H23N7O. The summed E-state index contributed by atoms with van der Waals surface area (Å²) >= 11 is 0. The van der Waals surface area contributed by atoms with E-state index in [1.54, 1.807) is 15.4 Å². The highest BCUT2D eigenvalue weighted by Crippen LogP contribution is 2.28. The maximum atomic E-state index is 13.8. The number of nitrogen functional groups attached to an aromatic ring is 1. The van der Waals surface area contributed by atoms with Crippen LogP contribution in [0.15, 0.2) is 53.7 Å². The molecule has 1 aliphatic carbocycles. The molecule has 0 radical (unpaired) electrons. The van der Waals surface area contributed by atoms with Crippen molar-refractivity contribution in [2.24, 2.45) is 5.92 Å². The number of benzene rings is 1. The van der Waals surface area contributed by atoms with E-state index in [0.717, 1.165) is 35.3 Å². The summed E-state index contributed by atoms with van der Waals surface area (Å²) in [5.74, 6) is 7.19. The van der Waals surface area contributed by atoms with Gasteiger partial charge in [0.2, 0.25) is 0 Å². The Hall–Kier alpha value is -4.51. The van der Waals surface area contributed by atoms with Gasteiger partial charge in [-0.1, -0.05) is 24.1 Å². The predicted octanol–water partition coefficient (Wildman–Crippen LogP) is 3.53. The maximum Gasteiger partial charge on any atom is 0.265 e. The van der Waals surface area contributed by atoms with Gasteiger partial charge in [0.1, 0.15) is 17.8 Å². The van der Waals surface area contributed by atoms with Gasteiger partial charge in [-0.15, -0.1) is 0 Å². The highest BCUT2D eigenvalue weighted by molar-refractivity contribution is 5.90. The van der Waals surface area contributed by atoms with Crippen LogP contribution >= 0.6 is 0 Å². The summed E-state index contributed by atoms with van der Waals surface area (Å²) in [5.41, 5.74) is 11.3. The van der Waals surface area contributed by atoms with Gasteiger partial charge in [0.15, 0.2) is 5.65 Å². The summed E-state index contributed by atoms with van der Waals surface area (Å²) in [6, 6.07) is 11.6. The predicted molar refractivity (Wildman–Crippen MR) is 135 cm³/mol. The molecule has 0 spiro atoms. The zero-order chi connectivity index (χ0) is 24.1. The second-order valence-corrected chi connectivity index (χ2v) is 8.96. The summed E-state index contributed by atoms with van der Waals surface area (Å²) in [7, 11) is 0. The molecule has 35 heavy (non-hydrogen) atoms. The van der Waals surface area contributed by atoms with E-state index in [-0.39, 0.29) is 12.1 Å². The van der Waals surface area contributed by atoms with E-state index < -0.39 is 0 Å². The van der Waals surface area contributed by atoms with Crippen LogP contribution in [0.4, 0.5) is 5.82 Å². The fourth-order valence-corrected chi connectivity index (χ4v) is 4.41. The molecule has 0 saturated heterocycles. The Bertz CT molecular complexity index is 1750. The second-order valence-electron chi connectivity index (χ2n) is 8.96. The third-order valence-corrected chi connectivity index (χ3v) is 6.39. The molecule has 4 heterocycles. The zero-order valence-electron chi connectivity index (χ0n) is 19.5. The van der Waals surface area contributed by atoms with E-state index >= 15 is 0 Å². The van der Waals surface area contributed by atoms with Gasteiger partial charge >= 0.3 is 0 Å². The molecule has 1 saturated carbocycles. The van der Waals surface area contributed by atoms with E-state index in [1.807, 2.05) is 50.2 Å². The number of aromatic nitrogens is 6. The molecule has 2 N–H and O–H groups in total. The topological polar surface area (TPSA) is 105 Å². The molecule has 5 aromatic rings. The summed E-state index contributed by atoms with van der Waals surface area (Å²) in [6.07, 6.45) is 5.38. The van der Waals surface area contributed by atoms with Gasteiger partial charge < -0.3 is 5.73 Å². The van der Waals surface area contributed by atoms with Crippen molar-refractivity contribution < 1.29 is 0 Å². The number of aryl methyl sites for hydroxylation is 2. The lowest BCUT2D eigenvalue weighted by Crippen LogP contribution is -2.25. The Balaban J connectivity index is 1.60. The fraction of sp³-hybridized carbons (Fsp3) is 0.222. The largest absolute Gasteiger partial charge is 0.383 e. The summed E-state index contributed by atoms with van der Waals surface area (Å²) in [5, 5.41) is 6.00. The minimum Gasteiger partial charge on any atom is -0.383 e. The molecule has 0 aliphatic heterocycles. The quantitative estimate of drug-likeness (QED) is 0.412. The molecule has 4 aromatic heterocycles. The smallest absolute Gasteiger partial charge is 0.265 e. The molecule has 8 nitrogen and oxygen atoms in total. The number of fused-ring (bicyclic) bond motifs is 2. The highest BCUT2D eigenvalue weighted by Gasteiger charge is 2.21. The minimum atomic E-state index is -0.114. The lowest BCUT2D eigenvalue weighted by Gasteiger charge is -2.17. The Morgan fingerprint density at radius 1 is 1.06 bits per heavy atom. The van der Waals surface area contributed by atoms with E-state index in [1.165, 1.54) is 6.33 Å². The Morgan fingerprint density at radius 2 is 1.89 bits per heavy atom. The van der Waals surface area contributed by atoms with Gasteiger partial charge in [-0.2, -0.15) is 5.10 Å². The lowest BCUT2D eigenvalue weighted by atomic mass is 10.1. The third kappa shape index (κ3) is 3.62. The van der Waals surface area contributed by atoms with Crippen LogP contribution in [-0.4, -0.2) is 29.3 Å². The van der Waals surface area contributed by atoms with Gasteiger partial charge in [0.05, 0.1) is 34.2 Å². The first-order chi connectivity index (χ1) is 17.0. The average molecular weight is 462 g/mol. The van der Waals surface area contributed by atoms with Crippen molar-refractivity contribution in [3.8, 4) is 17.5 Å². The summed E-state index contributed by atoms with van der Waals surface area (Å²) in [4.78, 5) is 26.9. The molecule has 8 heteroatoms. The van der Waals surface area contributed by atoms with Crippen LogP contribution in [0.2, 0.25) is 0 Å². The van der Waals surface area contributed by atoms with Crippen LogP contribution < -0.4 is 11.3 Å². The van der Waals surface area contributed by atoms with Crippen LogP contribution in [0, 0.1) is 31.6 Å². The molecule has 0 amide bonds. The molecule has 1 aliphatic rings. The second kappa shape index (κ2) is 8.06. The number of nitrogens with two attached hydrogens (primary N) is 1. The first kappa shape index (κ1) is 21.1. The van der Waals surface area contributed by atoms with E-state index in [0.29, 0.717) is 39.4 Å². The van der Waals surface area contributed by atoms with Crippen molar-refractivity contribution in [3.63, 3.8) is 0 Å². The van der Waals surface area contributed by atoms with Gasteiger partial charge in [0, 0.05) is 12.1 Å². The number of hydrogen-bond acceptors (Lipinski definition) is 6. The molecule has 0 unspecified atom stereocenters. The molecular weight excluding hydrogens is 438 g/mol. The highest BCUT2D eigenvalue weighted by atomic mass is 16.1. The molecule has 6 rings (SSSR count). The minimum absolute atomic E-state index is 0.114. The number of rotatable bonds is 3. The van der Waals surface area contributed by atoms with Gasteiger partial charge in [-0.3, -0.25) is 14.3 Å². The molecule has 1 fully saturated rings. The third-order valence-electron chi connectivity index (χ3n) is 6.39. The fourth-order valence-electron chi connectivity index (χ4n) is 4.41. The number of pyridine rings is 2. The molecule has 1 aromatic carbocycles. The summed E-state index contributed by atoms with van der Waals surface area (Å²) < 4.78 is 3.50. The zero-order valence-corrected chi connectivity index (χ0v) is 19.5. The van der Waals surface area contributed by atoms with Crippen molar-refractivity contribution in [1.82, 2.24) is 29.3 Å². The van der Waals surface area contributed by atoms with Crippen LogP contribution in [0.25, 0.3) is 27.6 Å². The van der Waals surface area contributed by atoms with Crippen molar-refractivity contribution in [2.45, 2.75) is 33.2 Å². The van der Waals surface area contributed by atoms with E-state index in [4.69, 9.17) is 10.8 Å². The first-order valence-corrected chi connectivity index (χ1v) is 11.6. The number of nitrogens with zero attached hydrogens (tertiary/aromatic N) is 6. The van der Waals surface area contributed by atoms with Crippen molar-refractivity contribution in [1.29, 1.82) is 0 Å². The number of anilines is 1. The summed E-state index contributed by atoms with van der Waals surface area (Å²) in [6.45, 7) is 4.21. The van der Waals surface area contributed by atoms with Crippen LogP contribution in [0.1, 0.15) is 35.4 Å². The van der Waals surface area contributed by atoms with Crippen molar-refractivity contribution in [2.75, 3.05) is 5.73 Å². The molecule has 0 bridgehead atoms. The van der Waals surface area contributed by atoms with Crippen molar-refractivity contribution in [3.05, 3.63) is 81.8 Å². The van der Waals surface area contributed by atoms with Gasteiger partial charge in [-0.25, -0.2) is 14.6 Å². The van der Waals surface area contributed by atoms with Crippen LogP contribution in [-0.2, 0) is 6.54 Å². The standard InChI is InChI=1S/C27H23N7O/c1-16-5-3-4-6-22(16)34-19(13-21-23(27(34)35)17(2)11-12-29-21)14-33-26-24(25(28)30-15-31-26)20(32-33)10-9-18-7-8-18/h3-6,11-13,15,18H,7-8,14H2,1-2H3,(H2,28,30,31). The van der Waals surface area contributed by atoms with Crippen LogP contribution in [0.5, 0.6) is 0 Å². The van der Waals surface area contributed by atoms with E-state index in [9.17, 15) is 4.79 Å². The lowest BCUT2D eigenvalue weighted by molar-refractivity contribution is 0.667. The van der Waals surface area contributed by atoms with Gasteiger partial charge in [-0.05, 0) is 61.9 Å². The Morgan fingerprint density at radius 3 is 2.69 bits per heavy atom. The number of para-hydroxylation sites is 1. The van der Waals surface area contributed by atoms with Crippen LogP contribution in [0.3, 0.4) is 0 Å². The Labute approximate surface area is 201 Å². The maximum absolute atomic E-state index is 13.8. The normalized spacial score (nSPS) is 13.2. The number of hydrogen-bond donors (Lipinski definition) is 1. The van der Waals surface area contributed by atoms with Gasteiger partial charge in [0.25, 0.3) is 5.56 Å². The average Bonchev–Trinajstić information content (AvgIpc) is 3.60. The van der Waals surface area contributed by atoms with Crippen molar-refractivity contribution >= 4 is 27.8 Å². The Kier molecular flexibility index (Phi) is 4.85. The SMILES string of the molecule is Cc1ccccc1-n1c(Cn2nc(C#CC3CC3)c3c(N)ncnc32)cc2nccc(C)c2c1=O. The molecule has 172 valence electrons. The monoisotopic (exact) mass is 461 g/mol. The first-order valence-electron chi connectivity index (χ1n) is 11.6. The van der Waals surface area contributed by atoms with E-state index in [2.05, 4.69) is 26.8 Å².